The zero-order valence-electron chi connectivity index (χ0n) is 18.5. The van der Waals surface area contributed by atoms with Gasteiger partial charge in [0.25, 0.3) is 11.8 Å². The largest absolute Gasteiger partial charge is 0.390 e. The van der Waals surface area contributed by atoms with Crippen LogP contribution in [0.1, 0.15) is 35.0 Å². The number of para-hydroxylation sites is 2. The summed E-state index contributed by atoms with van der Waals surface area (Å²) in [5.41, 5.74) is 10.9. The van der Waals surface area contributed by atoms with Gasteiger partial charge in [0.2, 0.25) is 0 Å². The lowest BCUT2D eigenvalue weighted by Crippen LogP contribution is -2.29. The molecule has 2 aromatic carbocycles. The van der Waals surface area contributed by atoms with Crippen LogP contribution in [0.3, 0.4) is 0 Å². The van der Waals surface area contributed by atoms with Crippen LogP contribution in [0.5, 0.6) is 0 Å². The van der Waals surface area contributed by atoms with E-state index in [2.05, 4.69) is 15.3 Å². The fraction of sp³-hybridized carbons (Fsp3) is 0.231. The van der Waals surface area contributed by atoms with Crippen LogP contribution in [-0.2, 0) is 14.3 Å². The number of aliphatic hydroxyl groups is 1. The molecule has 4 aromatic rings. The number of amides is 2. The molecule has 0 radical (unpaired) electrons. The number of carbonyl (C=O) groups is 2. The van der Waals surface area contributed by atoms with Crippen molar-refractivity contribution in [2.24, 2.45) is 5.73 Å². The number of imide groups is 1. The quantitative estimate of drug-likeness (QED) is 0.301. The molecule has 1 fully saturated rings. The maximum atomic E-state index is 13.3. The molecule has 2 aliphatic heterocycles. The molecule has 2 amide bonds. The molecule has 0 spiro atoms. The van der Waals surface area contributed by atoms with Crippen molar-refractivity contribution in [2.75, 3.05) is 6.54 Å². The highest BCUT2D eigenvalue weighted by molar-refractivity contribution is 6.51. The number of rotatable bonds is 4. The summed E-state index contributed by atoms with van der Waals surface area (Å²) < 4.78 is 6.07. The first-order chi connectivity index (χ1) is 16.5. The highest BCUT2D eigenvalue weighted by atomic mass is 16.5. The Balaban J connectivity index is 1.65. The third-order valence-electron chi connectivity index (χ3n) is 6.84. The molecule has 0 aliphatic carbocycles. The second-order valence-electron chi connectivity index (χ2n) is 8.87. The van der Waals surface area contributed by atoms with E-state index in [1.807, 2.05) is 55.5 Å². The second kappa shape index (κ2) is 7.66. The number of hydrogen-bond donors (Lipinski definition) is 5. The van der Waals surface area contributed by atoms with Gasteiger partial charge in [-0.2, -0.15) is 0 Å². The number of fused-ring (bicyclic) bond motifs is 2. The predicted molar refractivity (Wildman–Crippen MR) is 129 cm³/mol. The Kier molecular flexibility index (Phi) is 4.70. The number of nitrogens with two attached hydrogens (primary N) is 1. The molecule has 172 valence electrons. The van der Waals surface area contributed by atoms with Crippen molar-refractivity contribution in [2.45, 2.75) is 31.7 Å². The highest BCUT2D eigenvalue weighted by Crippen LogP contribution is 2.44. The van der Waals surface area contributed by atoms with Crippen LogP contribution >= 0.6 is 0 Å². The number of H-pyrrole nitrogens is 2. The number of aromatic nitrogens is 2. The Hall–Kier alpha value is -3.72. The molecule has 34 heavy (non-hydrogen) atoms. The first-order valence-corrected chi connectivity index (χ1v) is 11.3. The van der Waals surface area contributed by atoms with Crippen molar-refractivity contribution in [1.29, 1.82) is 0 Å². The topological polar surface area (TPSA) is 133 Å². The predicted octanol–water partition coefficient (Wildman–Crippen LogP) is 2.67. The summed E-state index contributed by atoms with van der Waals surface area (Å²) in [6, 6.07) is 15.3. The molecular weight excluding hydrogens is 432 g/mol. The number of aromatic amines is 2. The first kappa shape index (κ1) is 20.9. The maximum absolute atomic E-state index is 13.3. The summed E-state index contributed by atoms with van der Waals surface area (Å²) in [7, 11) is 0. The Labute approximate surface area is 194 Å². The summed E-state index contributed by atoms with van der Waals surface area (Å²) >= 11 is 0. The molecule has 0 saturated carbocycles. The lowest BCUT2D eigenvalue weighted by molar-refractivity contribution is -0.122. The molecule has 6 rings (SSSR count). The Bertz CT molecular complexity index is 1510. The van der Waals surface area contributed by atoms with Crippen LogP contribution in [-0.4, -0.2) is 45.6 Å². The molecule has 0 unspecified atom stereocenters. The van der Waals surface area contributed by atoms with Gasteiger partial charge in [-0.25, -0.2) is 0 Å². The zero-order chi connectivity index (χ0) is 23.6. The third kappa shape index (κ3) is 2.96. The Morgan fingerprint density at radius 3 is 2.18 bits per heavy atom. The smallest absolute Gasteiger partial charge is 0.259 e. The summed E-state index contributed by atoms with van der Waals surface area (Å²) in [4.78, 5) is 33.2. The minimum absolute atomic E-state index is 0.189. The molecule has 3 atom stereocenters. The standard InChI is InChI=1S/C26H24N4O4/c1-12-20(13-6-2-4-8-15(13)28-12)22-23(26(33)30-25(22)32)21-14-7-3-5-9-16(14)29-24(21)18-10-17(31)19(11-27)34-18/h2-9,17-19,28-29,31H,10-11,27H2,1H3,(H,30,32,33)/t17-,18+,19-/m1/s1. The van der Waals surface area contributed by atoms with Gasteiger partial charge in [0.15, 0.2) is 0 Å². The van der Waals surface area contributed by atoms with Gasteiger partial charge in [-0.15, -0.1) is 0 Å². The number of aryl methyl sites for hydroxylation is 1. The van der Waals surface area contributed by atoms with Crippen molar-refractivity contribution in [3.05, 3.63) is 71.0 Å². The third-order valence-corrected chi connectivity index (χ3v) is 6.84. The number of aliphatic hydroxyl groups excluding tert-OH is 1. The lowest BCUT2D eigenvalue weighted by Gasteiger charge is -2.14. The van der Waals surface area contributed by atoms with E-state index in [1.165, 1.54) is 0 Å². The van der Waals surface area contributed by atoms with Crippen LogP contribution in [0.4, 0.5) is 0 Å². The van der Waals surface area contributed by atoms with E-state index in [-0.39, 0.29) is 6.54 Å². The van der Waals surface area contributed by atoms with E-state index in [0.29, 0.717) is 34.4 Å². The molecule has 2 aliphatic rings. The SMILES string of the molecule is Cc1[nH]c2ccccc2c1C1=C(c2c([C@@H]3C[C@@H](O)[C@@H](CN)O3)[nH]c3ccccc23)C(=O)NC1=O. The van der Waals surface area contributed by atoms with E-state index in [1.54, 1.807) is 0 Å². The van der Waals surface area contributed by atoms with Crippen molar-refractivity contribution in [3.63, 3.8) is 0 Å². The number of nitrogens with one attached hydrogen (secondary N) is 3. The number of hydrogen-bond acceptors (Lipinski definition) is 5. The Morgan fingerprint density at radius 2 is 1.53 bits per heavy atom. The van der Waals surface area contributed by atoms with Crippen molar-refractivity contribution in [3.8, 4) is 0 Å². The lowest BCUT2D eigenvalue weighted by atomic mass is 9.91. The van der Waals surface area contributed by atoms with E-state index < -0.39 is 30.1 Å². The molecule has 6 N–H and O–H groups in total. The fourth-order valence-corrected chi connectivity index (χ4v) is 5.33. The van der Waals surface area contributed by atoms with Crippen LogP contribution in [0.15, 0.2) is 48.5 Å². The first-order valence-electron chi connectivity index (χ1n) is 11.3. The normalized spacial score (nSPS) is 23.0. The maximum Gasteiger partial charge on any atom is 0.259 e. The molecule has 8 nitrogen and oxygen atoms in total. The average molecular weight is 457 g/mol. The number of ether oxygens (including phenoxy) is 1. The monoisotopic (exact) mass is 456 g/mol. The summed E-state index contributed by atoms with van der Waals surface area (Å²) in [5, 5.41) is 14.6. The van der Waals surface area contributed by atoms with Gasteiger partial charge in [0.05, 0.1) is 29.0 Å². The minimum Gasteiger partial charge on any atom is -0.390 e. The molecule has 8 heteroatoms. The van der Waals surface area contributed by atoms with E-state index in [0.717, 1.165) is 27.5 Å². The van der Waals surface area contributed by atoms with Crippen LogP contribution in [0.2, 0.25) is 0 Å². The minimum atomic E-state index is -0.711. The second-order valence-corrected chi connectivity index (χ2v) is 8.87. The van der Waals surface area contributed by atoms with Crippen molar-refractivity contribution in [1.82, 2.24) is 15.3 Å². The van der Waals surface area contributed by atoms with Crippen molar-refractivity contribution >= 4 is 44.8 Å². The van der Waals surface area contributed by atoms with Gasteiger partial charge in [-0.05, 0) is 19.1 Å². The van der Waals surface area contributed by atoms with Crippen LogP contribution in [0.25, 0.3) is 33.0 Å². The average Bonchev–Trinajstić information content (AvgIpc) is 3.54. The van der Waals surface area contributed by atoms with Crippen LogP contribution < -0.4 is 11.1 Å². The summed E-state index contributed by atoms with van der Waals surface area (Å²) in [6.07, 6.45) is -1.36. The highest BCUT2D eigenvalue weighted by Gasteiger charge is 2.41. The van der Waals surface area contributed by atoms with Crippen LogP contribution in [0, 0.1) is 6.92 Å². The van der Waals surface area contributed by atoms with E-state index in [4.69, 9.17) is 10.5 Å². The van der Waals surface area contributed by atoms with E-state index in [9.17, 15) is 14.7 Å². The molecule has 4 heterocycles. The zero-order valence-corrected chi connectivity index (χ0v) is 18.5. The molecule has 0 bridgehead atoms. The van der Waals surface area contributed by atoms with Gasteiger partial charge in [-0.1, -0.05) is 36.4 Å². The van der Waals surface area contributed by atoms with Crippen molar-refractivity contribution < 1.29 is 19.4 Å². The Morgan fingerprint density at radius 1 is 0.941 bits per heavy atom. The van der Waals surface area contributed by atoms with Gasteiger partial charge >= 0.3 is 0 Å². The van der Waals surface area contributed by atoms with Gasteiger partial charge < -0.3 is 25.5 Å². The molecule has 2 aromatic heterocycles. The van der Waals surface area contributed by atoms with Gasteiger partial charge in [0, 0.05) is 51.6 Å². The summed E-state index contributed by atoms with van der Waals surface area (Å²) in [5.74, 6) is -0.888. The number of benzene rings is 2. The molecular formula is C26H24N4O4. The number of carbonyl (C=O) groups excluding carboxylic acids is 2. The van der Waals surface area contributed by atoms with E-state index >= 15 is 0 Å². The molecule has 1 saturated heterocycles. The summed E-state index contributed by atoms with van der Waals surface area (Å²) in [6.45, 7) is 2.09. The fourth-order valence-electron chi connectivity index (χ4n) is 5.33. The van der Waals surface area contributed by atoms with Gasteiger partial charge in [0.1, 0.15) is 6.10 Å². The van der Waals surface area contributed by atoms with Gasteiger partial charge in [-0.3, -0.25) is 14.9 Å².